The van der Waals surface area contributed by atoms with Crippen LogP contribution in [-0.2, 0) is 16.0 Å². The molecule has 2 atom stereocenters. The molecule has 25 heavy (non-hydrogen) atoms. The van der Waals surface area contributed by atoms with Crippen LogP contribution in [0.4, 0.5) is 5.69 Å². The lowest BCUT2D eigenvalue weighted by atomic mass is 10.0. The summed E-state index contributed by atoms with van der Waals surface area (Å²) in [5, 5.41) is 6.36. The lowest BCUT2D eigenvalue weighted by molar-refractivity contribution is -0.126. The number of aryl methyl sites for hydroxylation is 1. The molecule has 1 aromatic rings. The van der Waals surface area contributed by atoms with Gasteiger partial charge in [-0.15, -0.1) is 12.4 Å². The molecule has 0 saturated carbocycles. The van der Waals surface area contributed by atoms with E-state index in [0.717, 1.165) is 31.6 Å². The monoisotopic (exact) mass is 365 g/mol. The number of carbonyl (C=O) groups is 2. The highest BCUT2D eigenvalue weighted by molar-refractivity contribution is 6.00. The number of hydrogen-bond donors (Lipinski definition) is 2. The first-order chi connectivity index (χ1) is 11.7. The van der Waals surface area contributed by atoms with E-state index in [9.17, 15) is 9.59 Å². The first-order valence-electron chi connectivity index (χ1n) is 9.05. The van der Waals surface area contributed by atoms with Crippen molar-refractivity contribution in [2.75, 3.05) is 31.1 Å². The topological polar surface area (TPSA) is 61.4 Å². The number of rotatable bonds is 6. The van der Waals surface area contributed by atoms with Crippen molar-refractivity contribution in [3.05, 3.63) is 29.8 Å². The molecule has 2 fully saturated rings. The van der Waals surface area contributed by atoms with E-state index >= 15 is 0 Å². The molecule has 2 saturated heterocycles. The van der Waals surface area contributed by atoms with E-state index in [0.29, 0.717) is 25.4 Å². The molecule has 1 aromatic carbocycles. The highest BCUT2D eigenvalue weighted by Gasteiger charge is 2.35. The molecule has 2 heterocycles. The second-order valence-electron chi connectivity index (χ2n) is 6.86. The summed E-state index contributed by atoms with van der Waals surface area (Å²) >= 11 is 0. The molecule has 2 unspecified atom stereocenters. The van der Waals surface area contributed by atoms with Crippen LogP contribution in [0.15, 0.2) is 24.3 Å². The normalized spacial score (nSPS) is 22.8. The molecular formula is C19H28ClN3O2. The summed E-state index contributed by atoms with van der Waals surface area (Å²) in [6.07, 6.45) is 3.50. The highest BCUT2D eigenvalue weighted by Crippen LogP contribution is 2.25. The summed E-state index contributed by atoms with van der Waals surface area (Å²) in [5.74, 6) is 0.496. The third-order valence-corrected chi connectivity index (χ3v) is 5.17. The zero-order chi connectivity index (χ0) is 16.9. The van der Waals surface area contributed by atoms with Crippen molar-refractivity contribution < 1.29 is 9.59 Å². The molecule has 2 N–H and O–H groups in total. The first-order valence-corrected chi connectivity index (χ1v) is 9.05. The summed E-state index contributed by atoms with van der Waals surface area (Å²) in [6, 6.07) is 8.05. The fourth-order valence-corrected chi connectivity index (χ4v) is 3.55. The van der Waals surface area contributed by atoms with Gasteiger partial charge in [0.2, 0.25) is 11.8 Å². The molecule has 0 bridgehead atoms. The van der Waals surface area contributed by atoms with Crippen LogP contribution in [0, 0.1) is 11.8 Å². The van der Waals surface area contributed by atoms with Crippen molar-refractivity contribution in [3.63, 3.8) is 0 Å². The number of nitrogens with one attached hydrogen (secondary N) is 2. The summed E-state index contributed by atoms with van der Waals surface area (Å²) in [6.45, 7) is 5.45. The summed E-state index contributed by atoms with van der Waals surface area (Å²) in [4.78, 5) is 26.3. The fraction of sp³-hybridized carbons (Fsp3) is 0.579. The van der Waals surface area contributed by atoms with E-state index in [1.807, 2.05) is 24.3 Å². The Hall–Kier alpha value is -1.59. The quantitative estimate of drug-likeness (QED) is 0.812. The zero-order valence-electron chi connectivity index (χ0n) is 14.8. The van der Waals surface area contributed by atoms with Crippen LogP contribution in [0.3, 0.4) is 0 Å². The van der Waals surface area contributed by atoms with Gasteiger partial charge in [-0.3, -0.25) is 9.59 Å². The standard InChI is InChI=1S/C19H27N3O2.ClH/c1-2-14-3-5-17(6-4-14)22-13-16(11-18(22)23)19(24)21-10-8-15-7-9-20-12-15;/h3-6,15-16,20H,2,7-13H2,1H3,(H,21,24);1H. The minimum Gasteiger partial charge on any atom is -0.356 e. The van der Waals surface area contributed by atoms with Crippen molar-refractivity contribution in [2.45, 2.75) is 32.6 Å². The Kier molecular flexibility index (Phi) is 7.26. The number of anilines is 1. The smallest absolute Gasteiger partial charge is 0.227 e. The average molecular weight is 366 g/mol. The minimum absolute atomic E-state index is 0. The number of benzene rings is 1. The van der Waals surface area contributed by atoms with E-state index in [1.165, 1.54) is 12.0 Å². The van der Waals surface area contributed by atoms with Crippen LogP contribution in [0.2, 0.25) is 0 Å². The lowest BCUT2D eigenvalue weighted by Gasteiger charge is -2.17. The Bertz CT molecular complexity index is 585. The van der Waals surface area contributed by atoms with Crippen LogP contribution in [-0.4, -0.2) is 38.0 Å². The number of carbonyl (C=O) groups excluding carboxylic acids is 2. The third-order valence-electron chi connectivity index (χ3n) is 5.17. The van der Waals surface area contributed by atoms with Gasteiger partial charge in [0.1, 0.15) is 0 Å². The molecule has 0 aromatic heterocycles. The Morgan fingerprint density at radius 2 is 2.08 bits per heavy atom. The van der Waals surface area contributed by atoms with Crippen molar-refractivity contribution in [1.82, 2.24) is 10.6 Å². The maximum Gasteiger partial charge on any atom is 0.227 e. The first kappa shape index (κ1) is 19.7. The predicted octanol–water partition coefficient (Wildman–Crippen LogP) is 2.14. The van der Waals surface area contributed by atoms with E-state index in [1.54, 1.807) is 4.90 Å². The number of nitrogens with zero attached hydrogens (tertiary/aromatic N) is 1. The maximum atomic E-state index is 12.3. The Labute approximate surface area is 155 Å². The molecule has 2 aliphatic rings. The lowest BCUT2D eigenvalue weighted by Crippen LogP contribution is -2.34. The minimum atomic E-state index is -0.231. The van der Waals surface area contributed by atoms with Crippen molar-refractivity contribution in [3.8, 4) is 0 Å². The summed E-state index contributed by atoms with van der Waals surface area (Å²) in [5.41, 5.74) is 2.14. The van der Waals surface area contributed by atoms with Crippen molar-refractivity contribution >= 4 is 29.9 Å². The van der Waals surface area contributed by atoms with E-state index in [4.69, 9.17) is 0 Å². The van der Waals surface area contributed by atoms with Crippen LogP contribution in [0.1, 0.15) is 31.7 Å². The molecule has 0 spiro atoms. The average Bonchev–Trinajstić information content (AvgIpc) is 3.24. The summed E-state index contributed by atoms with van der Waals surface area (Å²) < 4.78 is 0. The highest BCUT2D eigenvalue weighted by atomic mass is 35.5. The maximum absolute atomic E-state index is 12.3. The number of amides is 2. The Balaban J connectivity index is 0.00000225. The predicted molar refractivity (Wildman–Crippen MR) is 102 cm³/mol. The molecule has 2 aliphatic heterocycles. The van der Waals surface area contributed by atoms with Crippen LogP contribution in [0.25, 0.3) is 0 Å². The molecule has 2 amide bonds. The van der Waals surface area contributed by atoms with Gasteiger partial charge in [-0.2, -0.15) is 0 Å². The second-order valence-corrected chi connectivity index (χ2v) is 6.86. The van der Waals surface area contributed by atoms with Crippen LogP contribution in [0.5, 0.6) is 0 Å². The van der Waals surface area contributed by atoms with Gasteiger partial charge in [-0.1, -0.05) is 19.1 Å². The van der Waals surface area contributed by atoms with E-state index in [2.05, 4.69) is 17.6 Å². The van der Waals surface area contributed by atoms with E-state index < -0.39 is 0 Å². The van der Waals surface area contributed by atoms with Gasteiger partial charge >= 0.3 is 0 Å². The molecule has 0 radical (unpaired) electrons. The molecule has 5 nitrogen and oxygen atoms in total. The van der Waals surface area contributed by atoms with Crippen LogP contribution >= 0.6 is 12.4 Å². The Morgan fingerprint density at radius 1 is 1.32 bits per heavy atom. The second kappa shape index (κ2) is 9.20. The van der Waals surface area contributed by atoms with Gasteiger partial charge in [-0.05, 0) is 56.0 Å². The molecule has 0 aliphatic carbocycles. The van der Waals surface area contributed by atoms with Gasteiger partial charge in [0.05, 0.1) is 5.92 Å². The zero-order valence-corrected chi connectivity index (χ0v) is 15.6. The van der Waals surface area contributed by atoms with Gasteiger partial charge in [0.25, 0.3) is 0 Å². The van der Waals surface area contributed by atoms with Gasteiger partial charge in [0.15, 0.2) is 0 Å². The van der Waals surface area contributed by atoms with E-state index in [-0.39, 0.29) is 30.1 Å². The van der Waals surface area contributed by atoms with Gasteiger partial charge in [0, 0.05) is 25.2 Å². The SMILES string of the molecule is CCc1ccc(N2CC(C(=O)NCCC3CCNC3)CC2=O)cc1.Cl. The Morgan fingerprint density at radius 3 is 2.72 bits per heavy atom. The van der Waals surface area contributed by atoms with Gasteiger partial charge < -0.3 is 15.5 Å². The summed E-state index contributed by atoms with van der Waals surface area (Å²) in [7, 11) is 0. The molecule has 138 valence electrons. The van der Waals surface area contributed by atoms with Crippen molar-refractivity contribution in [1.29, 1.82) is 0 Å². The third kappa shape index (κ3) is 4.95. The molecule has 6 heteroatoms. The molecule has 3 rings (SSSR count). The number of halogens is 1. The van der Waals surface area contributed by atoms with Crippen molar-refractivity contribution in [2.24, 2.45) is 11.8 Å². The van der Waals surface area contributed by atoms with Crippen LogP contribution < -0.4 is 15.5 Å². The fourth-order valence-electron chi connectivity index (χ4n) is 3.55. The largest absolute Gasteiger partial charge is 0.356 e. The molecular weight excluding hydrogens is 338 g/mol. The number of hydrogen-bond acceptors (Lipinski definition) is 3. The van der Waals surface area contributed by atoms with Gasteiger partial charge in [-0.25, -0.2) is 0 Å².